The molecule has 1 aromatic carbocycles. The van der Waals surface area contributed by atoms with Crippen LogP contribution in [0.5, 0.6) is 5.75 Å². The minimum atomic E-state index is -4.71. The van der Waals surface area contributed by atoms with Crippen LogP contribution in [0, 0.1) is 6.92 Å². The number of carboxylic acids is 1. The molecule has 1 amide bonds. The maximum absolute atomic E-state index is 12.2. The SMILES string of the molecule is Cc1c(Cl)cccc1OCC(=O)NC(CC(F)(F)F)C(=O)O. The summed E-state index contributed by atoms with van der Waals surface area (Å²) in [6, 6.07) is 2.65. The van der Waals surface area contributed by atoms with Gasteiger partial charge >= 0.3 is 12.1 Å². The Bertz CT molecular complexity index is 563. The van der Waals surface area contributed by atoms with Crippen LogP contribution in [0.15, 0.2) is 18.2 Å². The third kappa shape index (κ3) is 5.80. The first kappa shape index (κ1) is 18.1. The third-order valence-electron chi connectivity index (χ3n) is 2.65. The summed E-state index contributed by atoms with van der Waals surface area (Å²) in [5.74, 6) is -2.47. The van der Waals surface area contributed by atoms with Crippen molar-refractivity contribution in [2.75, 3.05) is 6.61 Å². The molecular weight excluding hydrogens is 327 g/mol. The van der Waals surface area contributed by atoms with Gasteiger partial charge in [-0.1, -0.05) is 17.7 Å². The molecule has 9 heteroatoms. The molecule has 1 aromatic rings. The van der Waals surface area contributed by atoms with Gasteiger partial charge in [0.05, 0.1) is 6.42 Å². The van der Waals surface area contributed by atoms with Gasteiger partial charge in [0.15, 0.2) is 6.61 Å². The van der Waals surface area contributed by atoms with Gasteiger partial charge in [-0.05, 0) is 19.1 Å². The largest absolute Gasteiger partial charge is 0.483 e. The molecule has 0 aliphatic carbocycles. The Hall–Kier alpha value is -1.96. The fourth-order valence-corrected chi connectivity index (χ4v) is 1.72. The van der Waals surface area contributed by atoms with Gasteiger partial charge in [-0.25, -0.2) is 4.79 Å². The highest BCUT2D eigenvalue weighted by Gasteiger charge is 2.36. The van der Waals surface area contributed by atoms with Crippen molar-refractivity contribution in [2.45, 2.75) is 25.6 Å². The number of hydrogen-bond acceptors (Lipinski definition) is 3. The van der Waals surface area contributed by atoms with Gasteiger partial charge in [-0.2, -0.15) is 13.2 Å². The second-order valence-electron chi connectivity index (χ2n) is 4.43. The summed E-state index contributed by atoms with van der Waals surface area (Å²) >= 11 is 5.84. The van der Waals surface area contributed by atoms with Crippen molar-refractivity contribution in [3.05, 3.63) is 28.8 Å². The molecule has 0 saturated carbocycles. The fraction of sp³-hybridized carbons (Fsp3) is 0.385. The summed E-state index contributed by atoms with van der Waals surface area (Å²) in [6.45, 7) is 1.02. The smallest absolute Gasteiger partial charge is 0.391 e. The van der Waals surface area contributed by atoms with Crippen molar-refractivity contribution in [1.29, 1.82) is 0 Å². The lowest BCUT2D eigenvalue weighted by atomic mass is 10.2. The zero-order valence-electron chi connectivity index (χ0n) is 11.4. The second kappa shape index (κ2) is 7.35. The standard InChI is InChI=1S/C13H13ClF3NO4/c1-7-8(14)3-2-4-10(7)22-6-11(19)18-9(12(20)21)5-13(15,16)17/h2-4,9H,5-6H2,1H3,(H,18,19)(H,20,21). The summed E-state index contributed by atoms with van der Waals surface area (Å²) in [5, 5.41) is 10.8. The highest BCUT2D eigenvalue weighted by Crippen LogP contribution is 2.25. The molecule has 2 N–H and O–H groups in total. The molecule has 0 heterocycles. The van der Waals surface area contributed by atoms with E-state index in [1.165, 1.54) is 6.07 Å². The lowest BCUT2D eigenvalue weighted by molar-refractivity contribution is -0.160. The number of carboxylic acid groups (broad SMARTS) is 1. The Morgan fingerprint density at radius 1 is 1.41 bits per heavy atom. The maximum Gasteiger partial charge on any atom is 0.391 e. The minimum Gasteiger partial charge on any atom is -0.483 e. The van der Waals surface area contributed by atoms with E-state index in [4.69, 9.17) is 21.4 Å². The fourth-order valence-electron chi connectivity index (χ4n) is 1.55. The Balaban J connectivity index is 2.61. The van der Waals surface area contributed by atoms with E-state index in [2.05, 4.69) is 0 Å². The van der Waals surface area contributed by atoms with E-state index in [9.17, 15) is 22.8 Å². The van der Waals surface area contributed by atoms with E-state index < -0.39 is 37.1 Å². The first-order chi connectivity index (χ1) is 10.1. The minimum absolute atomic E-state index is 0.283. The zero-order valence-corrected chi connectivity index (χ0v) is 12.2. The molecule has 0 fully saturated rings. The lowest BCUT2D eigenvalue weighted by Crippen LogP contribution is -2.45. The lowest BCUT2D eigenvalue weighted by Gasteiger charge is -2.17. The Labute approximate surface area is 129 Å². The van der Waals surface area contributed by atoms with Crippen LogP contribution in [-0.4, -0.2) is 35.8 Å². The third-order valence-corrected chi connectivity index (χ3v) is 3.06. The molecule has 0 bridgehead atoms. The molecule has 0 radical (unpaired) electrons. The van der Waals surface area contributed by atoms with E-state index >= 15 is 0 Å². The number of carbonyl (C=O) groups excluding carboxylic acids is 1. The number of rotatable bonds is 6. The number of amides is 1. The maximum atomic E-state index is 12.2. The topological polar surface area (TPSA) is 75.6 Å². The zero-order chi connectivity index (χ0) is 16.9. The van der Waals surface area contributed by atoms with E-state index in [0.717, 1.165) is 0 Å². The van der Waals surface area contributed by atoms with Crippen molar-refractivity contribution >= 4 is 23.5 Å². The molecule has 22 heavy (non-hydrogen) atoms. The van der Waals surface area contributed by atoms with Crippen LogP contribution in [0.3, 0.4) is 0 Å². The molecule has 0 spiro atoms. The highest BCUT2D eigenvalue weighted by molar-refractivity contribution is 6.31. The predicted molar refractivity (Wildman–Crippen MR) is 71.9 cm³/mol. The first-order valence-electron chi connectivity index (χ1n) is 6.07. The van der Waals surface area contributed by atoms with Crippen LogP contribution in [0.2, 0.25) is 5.02 Å². The van der Waals surface area contributed by atoms with Gasteiger partial charge in [0, 0.05) is 10.6 Å². The number of ether oxygens (including phenoxy) is 1. The van der Waals surface area contributed by atoms with Crippen LogP contribution < -0.4 is 10.1 Å². The molecule has 1 atom stereocenters. The van der Waals surface area contributed by atoms with Gasteiger partial charge in [0.1, 0.15) is 11.8 Å². The van der Waals surface area contributed by atoms with Crippen molar-refractivity contribution in [2.24, 2.45) is 0 Å². The Morgan fingerprint density at radius 2 is 2.05 bits per heavy atom. The van der Waals surface area contributed by atoms with Gasteiger partial charge < -0.3 is 15.2 Å². The van der Waals surface area contributed by atoms with Crippen molar-refractivity contribution < 1.29 is 32.6 Å². The van der Waals surface area contributed by atoms with Crippen LogP contribution in [0.1, 0.15) is 12.0 Å². The predicted octanol–water partition coefficient (Wildman–Crippen LogP) is 2.55. The van der Waals surface area contributed by atoms with E-state index in [1.54, 1.807) is 24.4 Å². The molecule has 5 nitrogen and oxygen atoms in total. The van der Waals surface area contributed by atoms with Crippen LogP contribution >= 0.6 is 11.6 Å². The average Bonchev–Trinajstić information content (AvgIpc) is 2.38. The molecule has 0 aliphatic rings. The van der Waals surface area contributed by atoms with E-state index in [-0.39, 0.29) is 5.75 Å². The van der Waals surface area contributed by atoms with Crippen molar-refractivity contribution in [1.82, 2.24) is 5.32 Å². The number of hydrogen-bond donors (Lipinski definition) is 2. The quantitative estimate of drug-likeness (QED) is 0.835. The number of carbonyl (C=O) groups is 2. The first-order valence-corrected chi connectivity index (χ1v) is 6.45. The molecule has 0 saturated heterocycles. The van der Waals surface area contributed by atoms with E-state index in [0.29, 0.717) is 10.6 Å². The summed E-state index contributed by atoms with van der Waals surface area (Å²) in [4.78, 5) is 22.2. The van der Waals surface area contributed by atoms with Crippen LogP contribution in [-0.2, 0) is 9.59 Å². The van der Waals surface area contributed by atoms with E-state index in [1.807, 2.05) is 0 Å². The number of benzene rings is 1. The van der Waals surface area contributed by atoms with Crippen molar-refractivity contribution in [3.63, 3.8) is 0 Å². The van der Waals surface area contributed by atoms with Gasteiger partial charge in [0.2, 0.25) is 0 Å². The number of nitrogens with one attached hydrogen (secondary N) is 1. The number of halogens is 4. The molecule has 1 unspecified atom stereocenters. The van der Waals surface area contributed by atoms with Gasteiger partial charge in [0.25, 0.3) is 5.91 Å². The normalized spacial score (nSPS) is 12.6. The monoisotopic (exact) mass is 339 g/mol. The highest BCUT2D eigenvalue weighted by atomic mass is 35.5. The number of alkyl halides is 3. The molecule has 1 rings (SSSR count). The van der Waals surface area contributed by atoms with Gasteiger partial charge in [-0.15, -0.1) is 0 Å². The summed E-state index contributed by atoms with van der Waals surface area (Å²) in [5.41, 5.74) is 0.557. The number of aliphatic carboxylic acids is 1. The molecular formula is C13H13ClF3NO4. The Morgan fingerprint density at radius 3 is 2.59 bits per heavy atom. The van der Waals surface area contributed by atoms with Crippen LogP contribution in [0.4, 0.5) is 13.2 Å². The molecule has 122 valence electrons. The molecule has 0 aromatic heterocycles. The van der Waals surface area contributed by atoms with Crippen LogP contribution in [0.25, 0.3) is 0 Å². The Kier molecular flexibility index (Phi) is 6.04. The summed E-state index contributed by atoms with van der Waals surface area (Å²) < 4.78 is 41.7. The van der Waals surface area contributed by atoms with Crippen molar-refractivity contribution in [3.8, 4) is 5.75 Å². The van der Waals surface area contributed by atoms with Gasteiger partial charge in [-0.3, -0.25) is 4.79 Å². The summed E-state index contributed by atoms with van der Waals surface area (Å²) in [7, 11) is 0. The second-order valence-corrected chi connectivity index (χ2v) is 4.84. The average molecular weight is 340 g/mol. The molecule has 0 aliphatic heterocycles. The summed E-state index contributed by atoms with van der Waals surface area (Å²) in [6.07, 6.45) is -6.37.